The quantitative estimate of drug-likeness (QED) is 0.553. The fourth-order valence-electron chi connectivity index (χ4n) is 1.88. The van der Waals surface area contributed by atoms with E-state index < -0.39 is 0 Å². The first-order chi connectivity index (χ1) is 4.86. The number of β-amino-alcohol motifs (C(OH)–C–C–N with tert-alkyl or cyclic N) is 1. The van der Waals surface area contributed by atoms with Crippen molar-refractivity contribution in [3.63, 3.8) is 0 Å². The van der Waals surface area contributed by atoms with Crippen LogP contribution in [-0.2, 0) is 0 Å². The second-order valence-electron chi connectivity index (χ2n) is 3.65. The molecule has 0 amide bonds. The van der Waals surface area contributed by atoms with Crippen LogP contribution in [-0.4, -0.2) is 24.3 Å². The molecule has 1 saturated carbocycles. The molecule has 2 atom stereocenters. The minimum Gasteiger partial charge on any atom is -0.392 e. The molecule has 0 aromatic rings. The van der Waals surface area contributed by atoms with Crippen LogP contribution in [0.4, 0.5) is 0 Å². The first-order valence-electron chi connectivity index (χ1n) is 4.25. The van der Waals surface area contributed by atoms with Crippen LogP contribution in [0.15, 0.2) is 0 Å². The van der Waals surface area contributed by atoms with Gasteiger partial charge < -0.3 is 10.4 Å². The zero-order valence-corrected chi connectivity index (χ0v) is 6.21. The van der Waals surface area contributed by atoms with E-state index in [1.54, 1.807) is 0 Å². The standard InChI is InChI=1S/C8H15NO/c10-8-3-7(4-9-5-8)6-1-2-6/h6-10H,1-5H2/t7?,8-/m0/s1. The van der Waals surface area contributed by atoms with E-state index in [0.717, 1.165) is 31.3 Å². The molecule has 2 aliphatic rings. The number of nitrogens with one attached hydrogen (secondary N) is 1. The zero-order valence-electron chi connectivity index (χ0n) is 6.21. The van der Waals surface area contributed by atoms with Crippen LogP contribution >= 0.6 is 0 Å². The average Bonchev–Trinajstić information content (AvgIpc) is 2.68. The van der Waals surface area contributed by atoms with E-state index in [1.165, 1.54) is 12.8 Å². The molecule has 1 aliphatic heterocycles. The highest BCUT2D eigenvalue weighted by atomic mass is 16.3. The minimum absolute atomic E-state index is 0.0700. The Morgan fingerprint density at radius 3 is 2.50 bits per heavy atom. The maximum Gasteiger partial charge on any atom is 0.0667 e. The molecule has 0 aromatic heterocycles. The lowest BCUT2D eigenvalue weighted by Crippen LogP contribution is -2.40. The largest absolute Gasteiger partial charge is 0.392 e. The first-order valence-corrected chi connectivity index (χ1v) is 4.25. The van der Waals surface area contributed by atoms with Crippen molar-refractivity contribution in [1.82, 2.24) is 5.32 Å². The Labute approximate surface area is 61.6 Å². The Morgan fingerprint density at radius 1 is 1.10 bits per heavy atom. The predicted octanol–water partition coefficient (Wildman–Crippen LogP) is 0.367. The molecule has 2 fully saturated rings. The van der Waals surface area contributed by atoms with Gasteiger partial charge in [0.25, 0.3) is 0 Å². The normalized spacial score (nSPS) is 41.7. The van der Waals surface area contributed by atoms with Gasteiger partial charge in [-0.3, -0.25) is 0 Å². The molecule has 0 aromatic carbocycles. The van der Waals surface area contributed by atoms with E-state index in [0.29, 0.717) is 0 Å². The molecule has 0 bridgehead atoms. The van der Waals surface area contributed by atoms with Crippen LogP contribution in [0.3, 0.4) is 0 Å². The molecule has 0 spiro atoms. The van der Waals surface area contributed by atoms with Gasteiger partial charge in [0.15, 0.2) is 0 Å². The lowest BCUT2D eigenvalue weighted by atomic mass is 9.93. The Hall–Kier alpha value is -0.0800. The third-order valence-corrected chi connectivity index (χ3v) is 2.65. The molecule has 1 unspecified atom stereocenters. The second kappa shape index (κ2) is 2.51. The fraction of sp³-hybridized carbons (Fsp3) is 1.00. The number of hydrogen-bond acceptors (Lipinski definition) is 2. The van der Waals surface area contributed by atoms with Gasteiger partial charge >= 0.3 is 0 Å². The predicted molar refractivity (Wildman–Crippen MR) is 39.7 cm³/mol. The third kappa shape index (κ3) is 1.32. The Morgan fingerprint density at radius 2 is 1.90 bits per heavy atom. The molecule has 0 radical (unpaired) electrons. The summed E-state index contributed by atoms with van der Waals surface area (Å²) in [7, 11) is 0. The summed E-state index contributed by atoms with van der Waals surface area (Å²) in [6.45, 7) is 1.95. The van der Waals surface area contributed by atoms with Crippen molar-refractivity contribution >= 4 is 0 Å². The molecule has 2 nitrogen and oxygen atoms in total. The summed E-state index contributed by atoms with van der Waals surface area (Å²) in [4.78, 5) is 0. The Kier molecular flexibility index (Phi) is 1.66. The Balaban J connectivity index is 1.84. The molecule has 58 valence electrons. The zero-order chi connectivity index (χ0) is 6.97. The average molecular weight is 141 g/mol. The van der Waals surface area contributed by atoms with Gasteiger partial charge in [-0.25, -0.2) is 0 Å². The number of rotatable bonds is 1. The summed E-state index contributed by atoms with van der Waals surface area (Å²) in [5.41, 5.74) is 0. The van der Waals surface area contributed by atoms with E-state index in [1.807, 2.05) is 0 Å². The maximum absolute atomic E-state index is 9.29. The lowest BCUT2D eigenvalue weighted by molar-refractivity contribution is 0.107. The van der Waals surface area contributed by atoms with Crippen molar-refractivity contribution in [3.05, 3.63) is 0 Å². The van der Waals surface area contributed by atoms with Crippen LogP contribution in [0, 0.1) is 11.8 Å². The van der Waals surface area contributed by atoms with Crippen molar-refractivity contribution in [2.24, 2.45) is 11.8 Å². The van der Waals surface area contributed by atoms with Crippen LogP contribution in [0.1, 0.15) is 19.3 Å². The Bertz CT molecular complexity index is 122. The maximum atomic E-state index is 9.29. The van der Waals surface area contributed by atoms with Gasteiger partial charge in [0.05, 0.1) is 6.10 Å². The van der Waals surface area contributed by atoms with Gasteiger partial charge in [0.1, 0.15) is 0 Å². The summed E-state index contributed by atoms with van der Waals surface area (Å²) in [5.74, 6) is 1.73. The molecular weight excluding hydrogens is 126 g/mol. The molecule has 2 heteroatoms. The smallest absolute Gasteiger partial charge is 0.0667 e. The van der Waals surface area contributed by atoms with Crippen molar-refractivity contribution in [2.75, 3.05) is 13.1 Å². The topological polar surface area (TPSA) is 32.3 Å². The number of aliphatic hydroxyl groups is 1. The van der Waals surface area contributed by atoms with Gasteiger partial charge in [0.2, 0.25) is 0 Å². The second-order valence-corrected chi connectivity index (χ2v) is 3.65. The van der Waals surface area contributed by atoms with Crippen molar-refractivity contribution in [3.8, 4) is 0 Å². The van der Waals surface area contributed by atoms with Crippen molar-refractivity contribution in [2.45, 2.75) is 25.4 Å². The highest BCUT2D eigenvalue weighted by Crippen LogP contribution is 2.39. The van der Waals surface area contributed by atoms with E-state index >= 15 is 0 Å². The summed E-state index contributed by atoms with van der Waals surface area (Å²) >= 11 is 0. The lowest BCUT2D eigenvalue weighted by Gasteiger charge is -2.26. The van der Waals surface area contributed by atoms with Gasteiger partial charge in [-0.1, -0.05) is 0 Å². The molecular formula is C8H15NO. The fourth-order valence-corrected chi connectivity index (χ4v) is 1.88. The highest BCUT2D eigenvalue weighted by molar-refractivity contribution is 4.87. The monoisotopic (exact) mass is 141 g/mol. The highest BCUT2D eigenvalue weighted by Gasteiger charge is 2.33. The van der Waals surface area contributed by atoms with Gasteiger partial charge in [-0.2, -0.15) is 0 Å². The van der Waals surface area contributed by atoms with Crippen LogP contribution in [0.25, 0.3) is 0 Å². The van der Waals surface area contributed by atoms with Gasteiger partial charge in [0, 0.05) is 6.54 Å². The van der Waals surface area contributed by atoms with E-state index in [4.69, 9.17) is 0 Å². The van der Waals surface area contributed by atoms with Crippen LogP contribution < -0.4 is 5.32 Å². The van der Waals surface area contributed by atoms with E-state index in [9.17, 15) is 5.11 Å². The van der Waals surface area contributed by atoms with Crippen LogP contribution in [0.5, 0.6) is 0 Å². The number of piperidine rings is 1. The SMILES string of the molecule is O[C@@H]1CNCC(C2CC2)C1. The van der Waals surface area contributed by atoms with Crippen LogP contribution in [0.2, 0.25) is 0 Å². The minimum atomic E-state index is -0.0700. The number of hydrogen-bond donors (Lipinski definition) is 2. The number of aliphatic hydroxyl groups excluding tert-OH is 1. The van der Waals surface area contributed by atoms with E-state index in [2.05, 4.69) is 5.32 Å². The first kappa shape index (κ1) is 6.62. The summed E-state index contributed by atoms with van der Waals surface area (Å²) in [6, 6.07) is 0. The van der Waals surface area contributed by atoms with E-state index in [-0.39, 0.29) is 6.10 Å². The summed E-state index contributed by atoms with van der Waals surface area (Å²) < 4.78 is 0. The van der Waals surface area contributed by atoms with Gasteiger partial charge in [-0.15, -0.1) is 0 Å². The molecule has 2 N–H and O–H groups in total. The summed E-state index contributed by atoms with van der Waals surface area (Å²) in [6.07, 6.45) is 3.77. The summed E-state index contributed by atoms with van der Waals surface area (Å²) in [5, 5.41) is 12.5. The molecule has 1 heterocycles. The third-order valence-electron chi connectivity index (χ3n) is 2.65. The molecule has 10 heavy (non-hydrogen) atoms. The molecule has 2 rings (SSSR count). The van der Waals surface area contributed by atoms with Crippen molar-refractivity contribution < 1.29 is 5.11 Å². The van der Waals surface area contributed by atoms with Gasteiger partial charge in [-0.05, 0) is 37.6 Å². The molecule has 1 saturated heterocycles. The van der Waals surface area contributed by atoms with Crippen molar-refractivity contribution in [1.29, 1.82) is 0 Å². The molecule has 1 aliphatic carbocycles.